The lowest BCUT2D eigenvalue weighted by Gasteiger charge is -2.38. The van der Waals surface area contributed by atoms with Gasteiger partial charge in [0.1, 0.15) is 11.6 Å². The number of halogens is 3. The van der Waals surface area contributed by atoms with Crippen molar-refractivity contribution in [3.63, 3.8) is 0 Å². The minimum absolute atomic E-state index is 0.147. The molecule has 1 atom stereocenters. The zero-order chi connectivity index (χ0) is 30.3. The third-order valence-electron chi connectivity index (χ3n) is 7.67. The van der Waals surface area contributed by atoms with Crippen molar-refractivity contribution in [2.24, 2.45) is 10.7 Å². The maximum Gasteiger partial charge on any atom is 0.255 e. The van der Waals surface area contributed by atoms with Gasteiger partial charge in [0.05, 0.1) is 41.2 Å². The molecule has 1 unspecified atom stereocenters. The van der Waals surface area contributed by atoms with Crippen molar-refractivity contribution < 1.29 is 13.9 Å². The fourth-order valence-corrected chi connectivity index (χ4v) is 6.04. The first-order valence-electron chi connectivity index (χ1n) is 13.8. The molecule has 1 amide bonds. The van der Waals surface area contributed by atoms with Gasteiger partial charge in [0.15, 0.2) is 0 Å². The first-order chi connectivity index (χ1) is 20.6. The molecule has 3 heterocycles. The van der Waals surface area contributed by atoms with E-state index in [1.165, 1.54) is 13.2 Å². The summed E-state index contributed by atoms with van der Waals surface area (Å²) in [5.74, 6) is 0.0724. The van der Waals surface area contributed by atoms with Gasteiger partial charge in [-0.05, 0) is 62.2 Å². The van der Waals surface area contributed by atoms with Gasteiger partial charge in [0, 0.05) is 52.2 Å². The van der Waals surface area contributed by atoms with E-state index in [9.17, 15) is 4.79 Å². The second-order valence-electron chi connectivity index (χ2n) is 11.0. The number of aromatic nitrogens is 2. The van der Waals surface area contributed by atoms with Crippen LogP contribution in [0.4, 0.5) is 16.0 Å². The molecular weight excluding hydrogens is 590 g/mol. The molecule has 0 aliphatic carbocycles. The Kier molecular flexibility index (Phi) is 7.81. The third-order valence-corrected chi connectivity index (χ3v) is 8.21. The lowest BCUT2D eigenvalue weighted by molar-refractivity contribution is 0.0657. The number of aliphatic imine (C=N–C) groups is 1. The van der Waals surface area contributed by atoms with Crippen LogP contribution in [-0.2, 0) is 6.54 Å². The largest absolute Gasteiger partial charge is 0.496 e. The Bertz CT molecular complexity index is 1780. The number of nitrogens with one attached hydrogen (secondary N) is 1. The summed E-state index contributed by atoms with van der Waals surface area (Å²) in [5.41, 5.74) is 10.3. The Balaban J connectivity index is 1.31. The molecule has 6 rings (SSSR count). The molecule has 8 nitrogen and oxygen atoms in total. The lowest BCUT2D eigenvalue weighted by Crippen LogP contribution is -2.53. The van der Waals surface area contributed by atoms with Gasteiger partial charge in [0.25, 0.3) is 5.91 Å². The Morgan fingerprint density at radius 1 is 1.14 bits per heavy atom. The molecule has 0 saturated carbocycles. The average Bonchev–Trinajstić information content (AvgIpc) is 3.12. The molecule has 220 valence electrons. The Hall–Kier alpha value is -4.05. The number of hydrogen-bond acceptors (Lipinski definition) is 7. The minimum Gasteiger partial charge on any atom is -0.496 e. The van der Waals surface area contributed by atoms with Crippen LogP contribution in [0, 0.1) is 5.82 Å². The van der Waals surface area contributed by atoms with E-state index in [4.69, 9.17) is 43.6 Å². The summed E-state index contributed by atoms with van der Waals surface area (Å²) in [6.07, 6.45) is 3.41. The van der Waals surface area contributed by atoms with E-state index in [0.717, 1.165) is 24.0 Å². The molecule has 0 bridgehead atoms. The van der Waals surface area contributed by atoms with E-state index in [1.54, 1.807) is 53.6 Å². The van der Waals surface area contributed by atoms with Crippen molar-refractivity contribution in [1.29, 1.82) is 0 Å². The van der Waals surface area contributed by atoms with Crippen LogP contribution in [0.5, 0.6) is 5.75 Å². The van der Waals surface area contributed by atoms with E-state index < -0.39 is 11.4 Å². The SMILES string of the molecule is COc1cccc(F)c1C1=NCc2cnc(Nc3ccc(C(=O)N4CCCC(C)(N)C4)c(Cl)c3)nc2-c2ccc(Cl)cc21. The molecule has 2 aliphatic rings. The molecule has 2 aliphatic heterocycles. The second kappa shape index (κ2) is 11.6. The van der Waals surface area contributed by atoms with Crippen LogP contribution in [-0.4, -0.2) is 52.2 Å². The highest BCUT2D eigenvalue weighted by Crippen LogP contribution is 2.36. The van der Waals surface area contributed by atoms with Crippen molar-refractivity contribution in [2.75, 3.05) is 25.5 Å². The number of rotatable bonds is 5. The topological polar surface area (TPSA) is 106 Å². The number of methoxy groups -OCH3 is 1. The molecular formula is C32H29Cl2FN6O2. The predicted octanol–water partition coefficient (Wildman–Crippen LogP) is 6.65. The van der Waals surface area contributed by atoms with Gasteiger partial charge in [-0.2, -0.15) is 0 Å². The zero-order valence-electron chi connectivity index (χ0n) is 23.6. The Morgan fingerprint density at radius 3 is 2.74 bits per heavy atom. The van der Waals surface area contributed by atoms with E-state index in [-0.39, 0.29) is 18.0 Å². The van der Waals surface area contributed by atoms with Gasteiger partial charge in [0.2, 0.25) is 5.95 Å². The first kappa shape index (κ1) is 29.0. The Labute approximate surface area is 258 Å². The van der Waals surface area contributed by atoms with Crippen LogP contribution in [0.25, 0.3) is 11.3 Å². The smallest absolute Gasteiger partial charge is 0.255 e. The van der Waals surface area contributed by atoms with Crippen LogP contribution >= 0.6 is 23.2 Å². The number of piperidine rings is 1. The fourth-order valence-electron chi connectivity index (χ4n) is 5.61. The maximum absolute atomic E-state index is 15.2. The molecule has 43 heavy (non-hydrogen) atoms. The monoisotopic (exact) mass is 618 g/mol. The van der Waals surface area contributed by atoms with E-state index in [1.807, 2.05) is 13.0 Å². The number of ether oxygens (including phenoxy) is 1. The first-order valence-corrected chi connectivity index (χ1v) is 14.6. The van der Waals surface area contributed by atoms with Gasteiger partial charge in [-0.1, -0.05) is 35.3 Å². The van der Waals surface area contributed by atoms with Crippen molar-refractivity contribution in [2.45, 2.75) is 31.8 Å². The van der Waals surface area contributed by atoms with Gasteiger partial charge < -0.3 is 20.7 Å². The second-order valence-corrected chi connectivity index (χ2v) is 11.9. The minimum atomic E-state index is -0.459. The molecule has 11 heteroatoms. The van der Waals surface area contributed by atoms with Crippen LogP contribution in [0.2, 0.25) is 10.0 Å². The van der Waals surface area contributed by atoms with Crippen molar-refractivity contribution in [1.82, 2.24) is 14.9 Å². The number of carbonyl (C=O) groups excluding carboxylic acids is 1. The van der Waals surface area contributed by atoms with E-state index in [2.05, 4.69) is 10.3 Å². The molecule has 1 fully saturated rings. The number of hydrogen-bond donors (Lipinski definition) is 2. The van der Waals surface area contributed by atoms with Crippen LogP contribution in [0.3, 0.4) is 0 Å². The molecule has 0 radical (unpaired) electrons. The standard InChI is InChI=1S/C32H29Cl2FN6O2/c1-32(36)11-4-12-41(17-32)30(42)22-10-8-20(14-24(22)34)39-31-38-16-18-15-37-29(27-25(35)5-3-6-26(27)43-2)23-13-19(33)7-9-21(23)28(18)40-31/h3,5-10,13-14,16H,4,11-12,15,17,36H2,1-2H3,(H,38,39,40). The molecule has 1 saturated heterocycles. The maximum atomic E-state index is 15.2. The van der Waals surface area contributed by atoms with Crippen molar-refractivity contribution >= 4 is 46.5 Å². The summed E-state index contributed by atoms with van der Waals surface area (Å²) >= 11 is 13.0. The number of benzene rings is 3. The predicted molar refractivity (Wildman–Crippen MR) is 167 cm³/mol. The number of anilines is 2. The number of nitrogens with zero attached hydrogens (tertiary/aromatic N) is 4. The molecule has 3 aromatic carbocycles. The van der Waals surface area contributed by atoms with E-state index >= 15 is 4.39 Å². The highest BCUT2D eigenvalue weighted by atomic mass is 35.5. The summed E-state index contributed by atoms with van der Waals surface area (Å²) in [4.78, 5) is 29.0. The lowest BCUT2D eigenvalue weighted by atomic mass is 9.92. The fraction of sp³-hybridized carbons (Fsp3) is 0.250. The highest BCUT2D eigenvalue weighted by Gasteiger charge is 2.31. The third kappa shape index (κ3) is 5.80. The van der Waals surface area contributed by atoms with Gasteiger partial charge in [-0.3, -0.25) is 9.79 Å². The number of nitrogens with two attached hydrogens (primary N) is 1. The molecule has 0 spiro atoms. The van der Waals surface area contributed by atoms with Crippen molar-refractivity contribution in [3.8, 4) is 17.0 Å². The molecule has 3 N–H and O–H groups in total. The summed E-state index contributed by atoms with van der Waals surface area (Å²) in [6, 6.07) is 15.1. The number of fused-ring (bicyclic) bond motifs is 3. The van der Waals surface area contributed by atoms with Crippen LogP contribution in [0.15, 0.2) is 65.8 Å². The van der Waals surface area contributed by atoms with Crippen LogP contribution < -0.4 is 15.8 Å². The zero-order valence-corrected chi connectivity index (χ0v) is 25.1. The summed E-state index contributed by atoms with van der Waals surface area (Å²) < 4.78 is 20.6. The summed E-state index contributed by atoms with van der Waals surface area (Å²) in [5, 5.41) is 3.98. The number of amides is 1. The molecule has 4 aromatic rings. The van der Waals surface area contributed by atoms with Crippen LogP contribution in [0.1, 0.15) is 46.8 Å². The highest BCUT2D eigenvalue weighted by molar-refractivity contribution is 6.34. The van der Waals surface area contributed by atoms with E-state index in [0.29, 0.717) is 63.1 Å². The number of carbonyl (C=O) groups is 1. The normalized spacial score (nSPS) is 17.8. The van der Waals surface area contributed by atoms with Gasteiger partial charge >= 0.3 is 0 Å². The molecule has 1 aromatic heterocycles. The average molecular weight is 620 g/mol. The quantitative estimate of drug-likeness (QED) is 0.259. The van der Waals surface area contributed by atoms with Gasteiger partial charge in [-0.25, -0.2) is 14.4 Å². The Morgan fingerprint density at radius 2 is 1.98 bits per heavy atom. The summed E-state index contributed by atoms with van der Waals surface area (Å²) in [7, 11) is 1.49. The van der Waals surface area contributed by atoms with Crippen molar-refractivity contribution in [3.05, 3.63) is 98.9 Å². The number of likely N-dealkylation sites (tertiary alicyclic amines) is 1. The summed E-state index contributed by atoms with van der Waals surface area (Å²) in [6.45, 7) is 3.30. The van der Waals surface area contributed by atoms with Gasteiger partial charge in [-0.15, -0.1) is 0 Å².